The number of hydrogen-bond acceptors (Lipinski definition) is 4. The summed E-state index contributed by atoms with van der Waals surface area (Å²) in [5.41, 5.74) is 1.68. The number of benzene rings is 2. The maximum absolute atomic E-state index is 11.1. The highest BCUT2D eigenvalue weighted by atomic mass is 16.6. The van der Waals surface area contributed by atoms with Gasteiger partial charge in [-0.3, -0.25) is 10.1 Å². The fourth-order valence-electron chi connectivity index (χ4n) is 1.96. The summed E-state index contributed by atoms with van der Waals surface area (Å²) >= 11 is 0. The van der Waals surface area contributed by atoms with Crippen LogP contribution >= 0.6 is 0 Å². The van der Waals surface area contributed by atoms with E-state index in [2.05, 4.69) is 0 Å². The summed E-state index contributed by atoms with van der Waals surface area (Å²) in [4.78, 5) is 10.6. The summed E-state index contributed by atoms with van der Waals surface area (Å²) < 4.78 is 5.61. The number of nitriles is 1. The van der Waals surface area contributed by atoms with Crippen LogP contribution in [0.4, 0.5) is 5.69 Å². The summed E-state index contributed by atoms with van der Waals surface area (Å²) in [5.74, 6) is 0.480. The molecule has 0 aromatic heterocycles. The van der Waals surface area contributed by atoms with E-state index in [9.17, 15) is 10.1 Å². The topological polar surface area (TPSA) is 76.2 Å². The van der Waals surface area contributed by atoms with Gasteiger partial charge in [-0.25, -0.2) is 0 Å². The van der Waals surface area contributed by atoms with Crippen LogP contribution in [0.3, 0.4) is 0 Å². The zero-order valence-electron chi connectivity index (χ0n) is 11.1. The molecule has 5 heteroatoms. The van der Waals surface area contributed by atoms with E-state index in [-0.39, 0.29) is 11.4 Å². The lowest BCUT2D eigenvalue weighted by atomic mass is 10.1. The number of aryl methyl sites for hydroxylation is 2. The van der Waals surface area contributed by atoms with Gasteiger partial charge in [0.1, 0.15) is 11.8 Å². The fraction of sp³-hybridized carbons (Fsp3) is 0.133. The number of hydrogen-bond donors (Lipinski definition) is 0. The lowest BCUT2D eigenvalue weighted by molar-refractivity contribution is -0.385. The summed E-state index contributed by atoms with van der Waals surface area (Å²) in [7, 11) is 0. The third kappa shape index (κ3) is 2.59. The second kappa shape index (κ2) is 5.41. The molecule has 0 atom stereocenters. The number of para-hydroxylation sites is 1. The van der Waals surface area contributed by atoms with Crippen molar-refractivity contribution in [1.29, 1.82) is 5.26 Å². The predicted octanol–water partition coefficient (Wildman–Crippen LogP) is 3.88. The zero-order valence-corrected chi connectivity index (χ0v) is 11.1. The highest BCUT2D eigenvalue weighted by molar-refractivity contribution is 5.56. The average Bonchev–Trinajstić information content (AvgIpc) is 2.41. The van der Waals surface area contributed by atoms with Crippen LogP contribution in [-0.4, -0.2) is 4.92 Å². The Kier molecular flexibility index (Phi) is 3.67. The Hall–Kier alpha value is -2.87. The first-order valence-corrected chi connectivity index (χ1v) is 5.95. The molecule has 0 radical (unpaired) electrons. The SMILES string of the molecule is Cc1cc(C)c(Oc2ccccc2C#N)c([N+](=O)[O-])c1. The molecule has 0 amide bonds. The Balaban J connectivity index is 2.54. The fourth-order valence-corrected chi connectivity index (χ4v) is 1.96. The van der Waals surface area contributed by atoms with E-state index in [1.807, 2.05) is 6.07 Å². The molecule has 0 saturated carbocycles. The summed E-state index contributed by atoms with van der Waals surface area (Å²) in [6.07, 6.45) is 0. The third-order valence-electron chi connectivity index (χ3n) is 2.82. The molecule has 0 fully saturated rings. The van der Waals surface area contributed by atoms with E-state index in [1.54, 1.807) is 44.2 Å². The molecule has 0 aliphatic rings. The lowest BCUT2D eigenvalue weighted by Gasteiger charge is -2.11. The minimum atomic E-state index is -0.482. The molecule has 0 saturated heterocycles. The number of nitro groups is 1. The smallest absolute Gasteiger partial charge is 0.312 e. The van der Waals surface area contributed by atoms with Gasteiger partial charge in [0, 0.05) is 6.07 Å². The normalized spacial score (nSPS) is 9.85. The summed E-state index contributed by atoms with van der Waals surface area (Å²) in [5, 5.41) is 20.2. The van der Waals surface area contributed by atoms with Crippen LogP contribution < -0.4 is 4.74 Å². The monoisotopic (exact) mass is 268 g/mol. The molecule has 0 bridgehead atoms. The highest BCUT2D eigenvalue weighted by Crippen LogP contribution is 2.36. The first-order chi connectivity index (χ1) is 9.52. The van der Waals surface area contributed by atoms with Gasteiger partial charge in [0.15, 0.2) is 0 Å². The van der Waals surface area contributed by atoms with E-state index < -0.39 is 4.92 Å². The number of ether oxygens (including phenoxy) is 1. The molecule has 100 valence electrons. The largest absolute Gasteiger partial charge is 0.448 e. The molecule has 0 unspecified atom stereocenters. The Morgan fingerprint density at radius 2 is 1.95 bits per heavy atom. The van der Waals surface area contributed by atoms with E-state index in [4.69, 9.17) is 10.00 Å². The van der Waals surface area contributed by atoms with E-state index >= 15 is 0 Å². The van der Waals surface area contributed by atoms with E-state index in [0.717, 1.165) is 5.56 Å². The number of rotatable bonds is 3. The molecular weight excluding hydrogens is 256 g/mol. The van der Waals surface area contributed by atoms with Crippen molar-refractivity contribution in [2.24, 2.45) is 0 Å². The van der Waals surface area contributed by atoms with Crippen molar-refractivity contribution in [3.63, 3.8) is 0 Å². The maximum atomic E-state index is 11.1. The van der Waals surface area contributed by atoms with Gasteiger partial charge in [-0.1, -0.05) is 18.2 Å². The first kappa shape index (κ1) is 13.6. The molecule has 0 aliphatic heterocycles. The van der Waals surface area contributed by atoms with Crippen molar-refractivity contribution in [2.75, 3.05) is 0 Å². The van der Waals surface area contributed by atoms with Gasteiger partial charge in [-0.2, -0.15) is 5.26 Å². The van der Waals surface area contributed by atoms with Gasteiger partial charge in [0.25, 0.3) is 0 Å². The van der Waals surface area contributed by atoms with Crippen molar-refractivity contribution < 1.29 is 9.66 Å². The van der Waals surface area contributed by atoms with Crippen LogP contribution in [0.2, 0.25) is 0 Å². The van der Waals surface area contributed by atoms with E-state index in [1.165, 1.54) is 6.07 Å². The Labute approximate surface area is 116 Å². The summed E-state index contributed by atoms with van der Waals surface area (Å²) in [6.45, 7) is 3.53. The summed E-state index contributed by atoms with van der Waals surface area (Å²) in [6, 6.07) is 11.9. The minimum absolute atomic E-state index is 0.102. The Morgan fingerprint density at radius 3 is 2.60 bits per heavy atom. The van der Waals surface area contributed by atoms with Crippen molar-refractivity contribution in [2.45, 2.75) is 13.8 Å². The highest BCUT2D eigenvalue weighted by Gasteiger charge is 2.20. The van der Waals surface area contributed by atoms with Crippen LogP contribution in [0.1, 0.15) is 16.7 Å². The van der Waals surface area contributed by atoms with Gasteiger partial charge in [-0.15, -0.1) is 0 Å². The second-order valence-corrected chi connectivity index (χ2v) is 4.40. The van der Waals surface area contributed by atoms with Gasteiger partial charge in [-0.05, 0) is 37.1 Å². The molecule has 0 spiro atoms. The van der Waals surface area contributed by atoms with Gasteiger partial charge >= 0.3 is 5.69 Å². The molecule has 0 heterocycles. The molecule has 5 nitrogen and oxygen atoms in total. The molecule has 0 N–H and O–H groups in total. The second-order valence-electron chi connectivity index (χ2n) is 4.40. The van der Waals surface area contributed by atoms with Crippen molar-refractivity contribution >= 4 is 5.69 Å². The van der Waals surface area contributed by atoms with E-state index in [0.29, 0.717) is 16.9 Å². The molecule has 2 aromatic rings. The van der Waals surface area contributed by atoms with Gasteiger partial charge in [0.05, 0.1) is 10.5 Å². The van der Waals surface area contributed by atoms with Gasteiger partial charge in [0.2, 0.25) is 5.75 Å². The first-order valence-electron chi connectivity index (χ1n) is 5.95. The third-order valence-corrected chi connectivity index (χ3v) is 2.82. The van der Waals surface area contributed by atoms with Crippen molar-refractivity contribution in [1.82, 2.24) is 0 Å². The molecule has 2 rings (SSSR count). The van der Waals surface area contributed by atoms with Crippen molar-refractivity contribution in [3.8, 4) is 17.6 Å². The molecular formula is C15H12N2O3. The maximum Gasteiger partial charge on any atom is 0.312 e. The molecule has 20 heavy (non-hydrogen) atoms. The Morgan fingerprint density at radius 1 is 1.25 bits per heavy atom. The average molecular weight is 268 g/mol. The molecule has 0 aliphatic carbocycles. The minimum Gasteiger partial charge on any atom is -0.448 e. The molecule has 2 aromatic carbocycles. The van der Waals surface area contributed by atoms with Crippen LogP contribution in [0.5, 0.6) is 11.5 Å². The lowest BCUT2D eigenvalue weighted by Crippen LogP contribution is -1.97. The predicted molar refractivity (Wildman–Crippen MR) is 73.8 cm³/mol. The van der Waals surface area contributed by atoms with Crippen LogP contribution in [0.15, 0.2) is 36.4 Å². The van der Waals surface area contributed by atoms with Crippen LogP contribution in [-0.2, 0) is 0 Å². The van der Waals surface area contributed by atoms with Gasteiger partial charge < -0.3 is 4.74 Å². The Bertz CT molecular complexity index is 718. The van der Waals surface area contributed by atoms with Crippen LogP contribution in [0, 0.1) is 35.3 Å². The zero-order chi connectivity index (χ0) is 14.7. The number of nitro benzene ring substituents is 1. The number of nitrogens with zero attached hydrogens (tertiary/aromatic N) is 2. The standard InChI is InChI=1S/C15H12N2O3/c1-10-7-11(2)15(13(8-10)17(18)19)20-14-6-4-3-5-12(14)9-16/h3-8H,1-2H3. The van der Waals surface area contributed by atoms with Crippen LogP contribution in [0.25, 0.3) is 0 Å². The van der Waals surface area contributed by atoms with Crippen molar-refractivity contribution in [3.05, 3.63) is 63.2 Å². The quantitative estimate of drug-likeness (QED) is 0.625.